The summed E-state index contributed by atoms with van der Waals surface area (Å²) in [7, 11) is 4.10. The van der Waals surface area contributed by atoms with E-state index in [0.29, 0.717) is 12.1 Å². The van der Waals surface area contributed by atoms with Gasteiger partial charge >= 0.3 is 12.4 Å². The molecule has 1 aliphatic heterocycles. The normalized spacial score (nSPS) is 15.3. The minimum atomic E-state index is -4.81. The maximum Gasteiger partial charge on any atom is 0.416 e. The molecule has 2 aromatic rings. The highest BCUT2D eigenvalue weighted by atomic mass is 19.4. The van der Waals surface area contributed by atoms with E-state index in [2.05, 4.69) is 47.3 Å². The topological polar surface area (TPSA) is 53.4 Å². The Kier molecular flexibility index (Phi) is 12.7. The van der Waals surface area contributed by atoms with Gasteiger partial charge in [0, 0.05) is 38.1 Å². The summed E-state index contributed by atoms with van der Waals surface area (Å²) in [6.07, 6.45) is -0.445. The molecule has 1 saturated carbocycles. The van der Waals surface area contributed by atoms with Crippen LogP contribution < -0.4 is 5.32 Å². The highest BCUT2D eigenvalue weighted by Crippen LogP contribution is 2.36. The van der Waals surface area contributed by atoms with Gasteiger partial charge in [0.2, 0.25) is 0 Å². The minimum Gasteiger partial charge on any atom is -0.375 e. The molecule has 2 heterocycles. The van der Waals surface area contributed by atoms with Crippen LogP contribution in [0.1, 0.15) is 86.3 Å². The van der Waals surface area contributed by atoms with Crippen LogP contribution in [0, 0.1) is 12.8 Å². The van der Waals surface area contributed by atoms with Gasteiger partial charge in [-0.1, -0.05) is 40.0 Å². The zero-order valence-corrected chi connectivity index (χ0v) is 25.6. The lowest BCUT2D eigenvalue weighted by Gasteiger charge is -2.22. The number of aromatic nitrogens is 2. The number of nitrogens with zero attached hydrogens (tertiary/aromatic N) is 4. The molecule has 1 atom stereocenters. The van der Waals surface area contributed by atoms with Gasteiger partial charge in [-0.25, -0.2) is 4.98 Å². The van der Waals surface area contributed by atoms with E-state index in [9.17, 15) is 26.3 Å². The van der Waals surface area contributed by atoms with E-state index in [4.69, 9.17) is 4.98 Å². The van der Waals surface area contributed by atoms with Crippen molar-refractivity contribution >= 4 is 11.8 Å². The highest BCUT2D eigenvalue weighted by molar-refractivity contribution is 6.03. The fourth-order valence-corrected chi connectivity index (χ4v) is 4.38. The molecule has 5 nitrogen and oxygen atoms in total. The van der Waals surface area contributed by atoms with Crippen LogP contribution in [0.3, 0.4) is 0 Å². The highest BCUT2D eigenvalue weighted by Gasteiger charge is 2.36. The van der Waals surface area contributed by atoms with Crippen LogP contribution in [0.2, 0.25) is 0 Å². The fourth-order valence-electron chi connectivity index (χ4n) is 4.38. The third kappa shape index (κ3) is 10.0. The Bertz CT molecular complexity index is 1290. The second-order valence-corrected chi connectivity index (χ2v) is 10.2. The standard InChI is InChI=1S/C20H29N5.C10H6F6.C2H6/c1-6-17(21-4)19-20(24-13(2)10-23-19)18-9-16(11-22-18)14(3)25(5)12-15-7-8-15;1-2-6-3-7(9(11,12)13)5-8(4-6)10(14,15)16;1-2/h10-11,15,17,21H,3,6-9,12H2,1-2,4-5H3;2-5H,1H2;1-2H3. The molecule has 0 radical (unpaired) electrons. The Morgan fingerprint density at radius 1 is 1.09 bits per heavy atom. The lowest BCUT2D eigenvalue weighted by Crippen LogP contribution is -2.23. The molecule has 1 N–H and O–H groups in total. The Morgan fingerprint density at radius 3 is 2.14 bits per heavy atom. The van der Waals surface area contributed by atoms with Gasteiger partial charge < -0.3 is 10.2 Å². The molecular formula is C32H41F6N5. The summed E-state index contributed by atoms with van der Waals surface area (Å²) in [6, 6.07) is 1.49. The van der Waals surface area contributed by atoms with E-state index in [0.717, 1.165) is 59.9 Å². The molecule has 2 aliphatic rings. The van der Waals surface area contributed by atoms with Crippen molar-refractivity contribution in [2.75, 3.05) is 20.6 Å². The van der Waals surface area contributed by atoms with Gasteiger partial charge in [-0.15, -0.1) is 0 Å². The van der Waals surface area contributed by atoms with E-state index < -0.39 is 23.5 Å². The van der Waals surface area contributed by atoms with E-state index in [1.54, 1.807) is 0 Å². The molecule has 43 heavy (non-hydrogen) atoms. The maximum atomic E-state index is 12.3. The van der Waals surface area contributed by atoms with Crippen molar-refractivity contribution in [1.82, 2.24) is 20.2 Å². The monoisotopic (exact) mass is 609 g/mol. The average molecular weight is 610 g/mol. The van der Waals surface area contributed by atoms with Crippen LogP contribution in [0.4, 0.5) is 26.3 Å². The summed E-state index contributed by atoms with van der Waals surface area (Å²) < 4.78 is 73.6. The second-order valence-electron chi connectivity index (χ2n) is 10.2. The minimum absolute atomic E-state index is 0.0764. The molecule has 1 unspecified atom stereocenters. The first-order valence-corrected chi connectivity index (χ1v) is 14.3. The van der Waals surface area contributed by atoms with Crippen molar-refractivity contribution in [2.24, 2.45) is 10.9 Å². The number of nitrogens with one attached hydrogen (secondary N) is 1. The first kappa shape index (κ1) is 35.7. The van der Waals surface area contributed by atoms with Crippen molar-refractivity contribution < 1.29 is 26.3 Å². The molecule has 236 valence electrons. The molecule has 0 saturated heterocycles. The molecule has 0 spiro atoms. The summed E-state index contributed by atoms with van der Waals surface area (Å²) in [5, 5.41) is 3.33. The van der Waals surface area contributed by atoms with Crippen molar-refractivity contribution in [3.63, 3.8) is 0 Å². The molecule has 1 aromatic carbocycles. The van der Waals surface area contributed by atoms with Crippen molar-refractivity contribution in [3.8, 4) is 0 Å². The fraction of sp³-hybridized carbons (Fsp3) is 0.469. The first-order chi connectivity index (χ1) is 20.2. The van der Waals surface area contributed by atoms with Gasteiger partial charge in [-0.3, -0.25) is 9.98 Å². The van der Waals surface area contributed by atoms with Crippen LogP contribution in [-0.4, -0.2) is 41.2 Å². The third-order valence-electron chi connectivity index (χ3n) is 6.92. The molecule has 0 bridgehead atoms. The van der Waals surface area contributed by atoms with Gasteiger partial charge in [0.15, 0.2) is 0 Å². The van der Waals surface area contributed by atoms with E-state index >= 15 is 0 Å². The van der Waals surface area contributed by atoms with Crippen molar-refractivity contribution in [1.29, 1.82) is 0 Å². The summed E-state index contributed by atoms with van der Waals surface area (Å²) in [4.78, 5) is 16.4. The van der Waals surface area contributed by atoms with Crippen LogP contribution in [0.15, 0.2) is 60.0 Å². The van der Waals surface area contributed by atoms with Crippen LogP contribution in [0.25, 0.3) is 6.08 Å². The number of allylic oxidation sites excluding steroid dienone is 1. The van der Waals surface area contributed by atoms with Gasteiger partial charge in [0.1, 0.15) is 5.69 Å². The SMILES string of the molecule is C=C(C1=CN=C(c2nc(C)cnc2C(CC)NC)C1)N(C)CC1CC1.C=Cc1cc(C(F)(F)F)cc(C(F)(F)F)c1.CC. The first-order valence-electron chi connectivity index (χ1n) is 14.3. The van der Waals surface area contributed by atoms with Crippen LogP contribution in [0.5, 0.6) is 0 Å². The summed E-state index contributed by atoms with van der Waals surface area (Å²) in [6.45, 7) is 16.7. The number of likely N-dealkylation sites (N-methyl/N-ethyl adjacent to an activating group) is 1. The third-order valence-corrected chi connectivity index (χ3v) is 6.92. The number of aryl methyl sites for hydroxylation is 1. The van der Waals surface area contributed by atoms with Gasteiger partial charge in [0.25, 0.3) is 0 Å². The Hall–Kier alpha value is -3.47. The average Bonchev–Trinajstić information content (AvgIpc) is 3.65. The molecule has 11 heteroatoms. The molecule has 1 aliphatic carbocycles. The molecular weight excluding hydrogens is 568 g/mol. The maximum absolute atomic E-state index is 12.3. The van der Waals surface area contributed by atoms with Gasteiger partial charge in [0.05, 0.1) is 34.3 Å². The molecule has 1 aromatic heterocycles. The van der Waals surface area contributed by atoms with Crippen molar-refractivity contribution in [2.45, 2.75) is 71.8 Å². The predicted molar refractivity (Wildman–Crippen MR) is 160 cm³/mol. The van der Waals surface area contributed by atoms with Gasteiger partial charge in [-0.2, -0.15) is 26.3 Å². The lowest BCUT2D eigenvalue weighted by molar-refractivity contribution is -0.143. The van der Waals surface area contributed by atoms with Crippen molar-refractivity contribution in [3.05, 3.63) is 88.8 Å². The number of alkyl halides is 6. The second kappa shape index (κ2) is 15.3. The van der Waals surface area contributed by atoms with E-state index in [1.165, 1.54) is 18.4 Å². The number of hydrogen-bond acceptors (Lipinski definition) is 5. The molecule has 1 fully saturated rings. The number of benzene rings is 1. The Morgan fingerprint density at radius 2 is 1.67 bits per heavy atom. The van der Waals surface area contributed by atoms with Crippen LogP contribution >= 0.6 is 0 Å². The smallest absolute Gasteiger partial charge is 0.375 e. The summed E-state index contributed by atoms with van der Waals surface area (Å²) in [5.74, 6) is 0.847. The number of aliphatic imine (C=N–C) groups is 1. The zero-order valence-electron chi connectivity index (χ0n) is 25.6. The lowest BCUT2D eigenvalue weighted by atomic mass is 10.0. The molecule has 4 rings (SSSR count). The molecule has 0 amide bonds. The Balaban J connectivity index is 0.000000310. The van der Waals surface area contributed by atoms with Gasteiger partial charge in [-0.05, 0) is 68.5 Å². The van der Waals surface area contributed by atoms with E-state index in [1.807, 2.05) is 40.2 Å². The number of hydrogen-bond donors (Lipinski definition) is 1. The number of halogens is 6. The number of rotatable bonds is 9. The van der Waals surface area contributed by atoms with E-state index in [-0.39, 0.29) is 17.7 Å². The quantitative estimate of drug-likeness (QED) is 0.289. The summed E-state index contributed by atoms with van der Waals surface area (Å²) in [5.41, 5.74) is 3.20. The Labute approximate surface area is 250 Å². The van der Waals surface area contributed by atoms with Crippen LogP contribution in [-0.2, 0) is 12.4 Å². The largest absolute Gasteiger partial charge is 0.416 e. The summed E-state index contributed by atoms with van der Waals surface area (Å²) >= 11 is 0. The zero-order chi connectivity index (χ0) is 32.5. The predicted octanol–water partition coefficient (Wildman–Crippen LogP) is 8.78.